The van der Waals surface area contributed by atoms with E-state index < -0.39 is 17.5 Å². The van der Waals surface area contributed by atoms with Gasteiger partial charge in [-0.25, -0.2) is 8.78 Å². The molecule has 23 heavy (non-hydrogen) atoms. The number of carbonyl (C=O) groups excluding carboxylic acids is 1. The minimum atomic E-state index is -0.856. The average Bonchev–Trinajstić information content (AvgIpc) is 2.88. The fraction of sp³-hybridized carbons (Fsp3) is 0.278. The molecule has 1 atom stereocenters. The Labute approximate surface area is 133 Å². The molecule has 0 fully saturated rings. The lowest BCUT2D eigenvalue weighted by atomic mass is 10.0. The molecule has 0 radical (unpaired) electrons. The third-order valence-electron chi connectivity index (χ3n) is 4.25. The summed E-state index contributed by atoms with van der Waals surface area (Å²) in [5.41, 5.74) is 3.27. The molecular weight excluding hydrogens is 298 g/mol. The quantitative estimate of drug-likeness (QED) is 0.941. The summed E-state index contributed by atoms with van der Waals surface area (Å²) in [5, 5.41) is 2.76. The predicted molar refractivity (Wildman–Crippen MR) is 85.7 cm³/mol. The van der Waals surface area contributed by atoms with Gasteiger partial charge in [-0.15, -0.1) is 0 Å². The van der Waals surface area contributed by atoms with Crippen LogP contribution in [0.4, 0.5) is 14.5 Å². The van der Waals surface area contributed by atoms with Gasteiger partial charge in [0.25, 0.3) is 5.91 Å². The second-order valence-corrected chi connectivity index (χ2v) is 5.88. The smallest absolute Gasteiger partial charge is 0.254 e. The van der Waals surface area contributed by atoms with Crippen LogP contribution in [0.3, 0.4) is 0 Å². The monoisotopic (exact) mass is 316 g/mol. The van der Waals surface area contributed by atoms with Crippen molar-refractivity contribution in [2.45, 2.75) is 19.4 Å². The zero-order valence-corrected chi connectivity index (χ0v) is 13.1. The number of fused-ring (bicyclic) bond motifs is 1. The SMILES string of the molecule is CC(NC(=O)c1ccc(F)cc1F)c1ccc2c(c1)CCN2C. The van der Waals surface area contributed by atoms with Crippen LogP contribution in [0.2, 0.25) is 0 Å². The van der Waals surface area contributed by atoms with Gasteiger partial charge < -0.3 is 10.2 Å². The molecule has 1 aliphatic heterocycles. The second-order valence-electron chi connectivity index (χ2n) is 5.88. The molecule has 3 nitrogen and oxygen atoms in total. The van der Waals surface area contributed by atoms with Gasteiger partial charge in [0.15, 0.2) is 0 Å². The van der Waals surface area contributed by atoms with E-state index in [0.717, 1.165) is 30.7 Å². The van der Waals surface area contributed by atoms with Crippen molar-refractivity contribution in [2.75, 3.05) is 18.5 Å². The summed E-state index contributed by atoms with van der Waals surface area (Å²) < 4.78 is 26.6. The molecule has 1 aliphatic rings. The van der Waals surface area contributed by atoms with Crippen LogP contribution in [0.5, 0.6) is 0 Å². The maximum absolute atomic E-state index is 13.7. The number of benzene rings is 2. The molecule has 0 bridgehead atoms. The molecule has 1 N–H and O–H groups in total. The molecule has 1 heterocycles. The Kier molecular flexibility index (Phi) is 4.03. The fourth-order valence-electron chi connectivity index (χ4n) is 2.89. The molecule has 0 saturated carbocycles. The van der Waals surface area contributed by atoms with E-state index in [1.54, 1.807) is 0 Å². The van der Waals surface area contributed by atoms with E-state index in [1.807, 2.05) is 26.1 Å². The summed E-state index contributed by atoms with van der Waals surface area (Å²) >= 11 is 0. The molecule has 0 spiro atoms. The first-order valence-electron chi connectivity index (χ1n) is 7.55. The molecular formula is C18H18F2N2O. The van der Waals surface area contributed by atoms with E-state index in [4.69, 9.17) is 0 Å². The van der Waals surface area contributed by atoms with Crippen molar-refractivity contribution >= 4 is 11.6 Å². The third kappa shape index (κ3) is 3.04. The van der Waals surface area contributed by atoms with Crippen LogP contribution in [0.1, 0.15) is 34.5 Å². The Morgan fingerprint density at radius 3 is 2.74 bits per heavy atom. The summed E-state index contributed by atoms with van der Waals surface area (Å²) in [5.74, 6) is -2.10. The van der Waals surface area contributed by atoms with Gasteiger partial charge in [-0.2, -0.15) is 0 Å². The van der Waals surface area contributed by atoms with Gasteiger partial charge in [-0.1, -0.05) is 12.1 Å². The van der Waals surface area contributed by atoms with Gasteiger partial charge in [0, 0.05) is 25.3 Å². The van der Waals surface area contributed by atoms with Crippen LogP contribution in [-0.2, 0) is 6.42 Å². The largest absolute Gasteiger partial charge is 0.374 e. The van der Waals surface area contributed by atoms with Crippen LogP contribution in [0.25, 0.3) is 0 Å². The molecule has 2 aromatic rings. The number of likely N-dealkylation sites (N-methyl/N-ethyl adjacent to an activating group) is 1. The van der Waals surface area contributed by atoms with Crippen molar-refractivity contribution in [1.29, 1.82) is 0 Å². The standard InChI is InChI=1S/C18H18F2N2O/c1-11(12-3-6-17-13(9-12)7-8-22(17)2)21-18(23)15-5-4-14(19)10-16(15)20/h3-6,9-11H,7-8H2,1-2H3,(H,21,23). The van der Waals surface area contributed by atoms with Crippen molar-refractivity contribution in [3.8, 4) is 0 Å². The topological polar surface area (TPSA) is 32.3 Å². The third-order valence-corrected chi connectivity index (χ3v) is 4.25. The molecule has 0 aromatic heterocycles. The van der Waals surface area contributed by atoms with E-state index in [1.165, 1.54) is 11.3 Å². The Morgan fingerprint density at radius 1 is 1.22 bits per heavy atom. The number of nitrogens with one attached hydrogen (secondary N) is 1. The number of nitrogens with zero attached hydrogens (tertiary/aromatic N) is 1. The predicted octanol–water partition coefficient (Wildman–Crippen LogP) is 3.45. The lowest BCUT2D eigenvalue weighted by Crippen LogP contribution is -2.27. The zero-order chi connectivity index (χ0) is 16.6. The summed E-state index contributed by atoms with van der Waals surface area (Å²) in [6.45, 7) is 2.83. The number of halogens is 2. The highest BCUT2D eigenvalue weighted by Gasteiger charge is 2.19. The van der Waals surface area contributed by atoms with Gasteiger partial charge >= 0.3 is 0 Å². The van der Waals surface area contributed by atoms with Crippen LogP contribution >= 0.6 is 0 Å². The molecule has 3 rings (SSSR count). The van der Waals surface area contributed by atoms with Gasteiger partial charge in [0.2, 0.25) is 0 Å². The molecule has 0 aliphatic carbocycles. The van der Waals surface area contributed by atoms with E-state index in [2.05, 4.69) is 16.3 Å². The minimum absolute atomic E-state index is 0.154. The number of anilines is 1. The first-order valence-corrected chi connectivity index (χ1v) is 7.55. The second kappa shape index (κ2) is 5.99. The average molecular weight is 316 g/mol. The number of hydrogen-bond donors (Lipinski definition) is 1. The first kappa shape index (κ1) is 15.5. The van der Waals surface area contributed by atoms with Gasteiger partial charge in [-0.05, 0) is 42.7 Å². The highest BCUT2D eigenvalue weighted by atomic mass is 19.1. The normalized spacial score (nSPS) is 14.5. The molecule has 1 amide bonds. The fourth-order valence-corrected chi connectivity index (χ4v) is 2.89. The van der Waals surface area contributed by atoms with Crippen molar-refractivity contribution in [1.82, 2.24) is 5.32 Å². The van der Waals surface area contributed by atoms with E-state index in [-0.39, 0.29) is 11.6 Å². The first-order chi connectivity index (χ1) is 11.0. The number of amides is 1. The molecule has 1 unspecified atom stereocenters. The Hall–Kier alpha value is -2.43. The Bertz CT molecular complexity index is 761. The lowest BCUT2D eigenvalue weighted by molar-refractivity contribution is 0.0935. The summed E-state index contributed by atoms with van der Waals surface area (Å²) in [7, 11) is 2.05. The van der Waals surface area contributed by atoms with Crippen molar-refractivity contribution in [3.05, 3.63) is 64.7 Å². The van der Waals surface area contributed by atoms with E-state index >= 15 is 0 Å². The Balaban J connectivity index is 1.76. The molecule has 0 saturated heterocycles. The maximum Gasteiger partial charge on any atom is 0.254 e. The van der Waals surface area contributed by atoms with Crippen LogP contribution < -0.4 is 10.2 Å². The Morgan fingerprint density at radius 2 is 2.00 bits per heavy atom. The zero-order valence-electron chi connectivity index (χ0n) is 13.1. The minimum Gasteiger partial charge on any atom is -0.374 e. The highest BCUT2D eigenvalue weighted by molar-refractivity contribution is 5.94. The van der Waals surface area contributed by atoms with Crippen LogP contribution in [0.15, 0.2) is 36.4 Å². The summed E-state index contributed by atoms with van der Waals surface area (Å²) in [4.78, 5) is 14.4. The molecule has 5 heteroatoms. The number of rotatable bonds is 3. The molecule has 120 valence electrons. The van der Waals surface area contributed by atoms with Crippen LogP contribution in [0, 0.1) is 11.6 Å². The summed E-state index contributed by atoms with van der Waals surface area (Å²) in [6.07, 6.45) is 0.979. The highest BCUT2D eigenvalue weighted by Crippen LogP contribution is 2.29. The molecule has 2 aromatic carbocycles. The lowest BCUT2D eigenvalue weighted by Gasteiger charge is -2.17. The van der Waals surface area contributed by atoms with Gasteiger partial charge in [-0.3, -0.25) is 4.79 Å². The van der Waals surface area contributed by atoms with Gasteiger partial charge in [0.05, 0.1) is 11.6 Å². The van der Waals surface area contributed by atoms with E-state index in [0.29, 0.717) is 6.07 Å². The van der Waals surface area contributed by atoms with E-state index in [9.17, 15) is 13.6 Å². The maximum atomic E-state index is 13.7. The number of carbonyl (C=O) groups is 1. The van der Waals surface area contributed by atoms with Crippen molar-refractivity contribution < 1.29 is 13.6 Å². The van der Waals surface area contributed by atoms with Crippen molar-refractivity contribution in [3.63, 3.8) is 0 Å². The number of hydrogen-bond acceptors (Lipinski definition) is 2. The van der Waals surface area contributed by atoms with Gasteiger partial charge in [0.1, 0.15) is 11.6 Å². The van der Waals surface area contributed by atoms with Crippen molar-refractivity contribution in [2.24, 2.45) is 0 Å². The summed E-state index contributed by atoms with van der Waals surface area (Å²) in [6, 6.07) is 8.77. The van der Waals surface area contributed by atoms with Crippen LogP contribution in [-0.4, -0.2) is 19.5 Å².